The minimum Gasteiger partial charge on any atom is -0.466 e. The lowest BCUT2D eigenvalue weighted by atomic mass is 9.83. The van der Waals surface area contributed by atoms with Crippen molar-refractivity contribution >= 4 is 11.9 Å². The summed E-state index contributed by atoms with van der Waals surface area (Å²) in [5, 5.41) is 9.60. The Morgan fingerprint density at radius 3 is 1.48 bits per heavy atom. The van der Waals surface area contributed by atoms with Gasteiger partial charge in [-0.1, -0.05) is 150 Å². The topological polar surface area (TPSA) is 76.1 Å². The molecule has 0 heterocycles. The lowest BCUT2D eigenvalue weighted by Gasteiger charge is -2.27. The zero-order valence-electron chi connectivity index (χ0n) is 34.4. The number of esters is 2. The monoisotopic (exact) mass is 710 g/mol. The van der Waals surface area contributed by atoms with Crippen LogP contribution in [0.4, 0.5) is 0 Å². The van der Waals surface area contributed by atoms with Gasteiger partial charge in [-0.3, -0.25) is 9.59 Å². The van der Waals surface area contributed by atoms with Gasteiger partial charge in [0.15, 0.2) is 0 Å². The maximum atomic E-state index is 12.3. The summed E-state index contributed by atoms with van der Waals surface area (Å²) in [6.07, 6.45) is 33.6. The molecule has 0 rings (SSSR count). The van der Waals surface area contributed by atoms with Gasteiger partial charge in [-0.2, -0.15) is 0 Å². The maximum absolute atomic E-state index is 12.3. The van der Waals surface area contributed by atoms with Crippen molar-refractivity contribution in [1.82, 2.24) is 4.90 Å². The Hall–Kier alpha value is -1.14. The Morgan fingerprint density at radius 1 is 0.520 bits per heavy atom. The number of hydrogen-bond donors (Lipinski definition) is 1. The molecule has 298 valence electrons. The Kier molecular flexibility index (Phi) is 35.4. The van der Waals surface area contributed by atoms with Crippen LogP contribution in [0.3, 0.4) is 0 Å². The van der Waals surface area contributed by atoms with Crippen molar-refractivity contribution in [2.24, 2.45) is 11.3 Å². The van der Waals surface area contributed by atoms with Gasteiger partial charge in [0.2, 0.25) is 0 Å². The number of nitrogens with zero attached hydrogens (tertiary/aromatic N) is 1. The molecule has 0 bridgehead atoms. The summed E-state index contributed by atoms with van der Waals surface area (Å²) >= 11 is 0. The lowest BCUT2D eigenvalue weighted by Crippen LogP contribution is -2.30. The first-order valence-corrected chi connectivity index (χ1v) is 21.9. The average Bonchev–Trinajstić information content (AvgIpc) is 3.09. The van der Waals surface area contributed by atoms with E-state index >= 15 is 0 Å². The quantitative estimate of drug-likeness (QED) is 0.0506. The highest BCUT2D eigenvalue weighted by Crippen LogP contribution is 2.28. The van der Waals surface area contributed by atoms with Gasteiger partial charge in [-0.25, -0.2) is 0 Å². The van der Waals surface area contributed by atoms with Gasteiger partial charge in [0.05, 0.1) is 19.8 Å². The van der Waals surface area contributed by atoms with Crippen LogP contribution in [0.5, 0.6) is 0 Å². The fourth-order valence-corrected chi connectivity index (χ4v) is 7.16. The van der Waals surface area contributed by atoms with Crippen molar-refractivity contribution in [3.05, 3.63) is 0 Å². The smallest absolute Gasteiger partial charge is 0.305 e. The van der Waals surface area contributed by atoms with Crippen LogP contribution in [0, 0.1) is 11.3 Å². The molecule has 0 saturated heterocycles. The van der Waals surface area contributed by atoms with Crippen molar-refractivity contribution in [3.63, 3.8) is 0 Å². The largest absolute Gasteiger partial charge is 0.466 e. The van der Waals surface area contributed by atoms with E-state index in [1.165, 1.54) is 103 Å². The van der Waals surface area contributed by atoms with E-state index in [1.807, 2.05) is 0 Å². The van der Waals surface area contributed by atoms with Crippen LogP contribution in [0.2, 0.25) is 0 Å². The highest BCUT2D eigenvalue weighted by Gasteiger charge is 2.18. The van der Waals surface area contributed by atoms with E-state index in [2.05, 4.69) is 39.5 Å². The van der Waals surface area contributed by atoms with Gasteiger partial charge in [0.25, 0.3) is 0 Å². The number of ether oxygens (including phenoxy) is 2. The minimum absolute atomic E-state index is 0.0291. The number of aliphatic hydroxyl groups is 1. The van der Waals surface area contributed by atoms with E-state index in [0.717, 1.165) is 96.2 Å². The summed E-state index contributed by atoms with van der Waals surface area (Å²) in [7, 11) is 0. The molecule has 0 aromatic rings. The van der Waals surface area contributed by atoms with Gasteiger partial charge in [-0.15, -0.1) is 0 Å². The normalized spacial score (nSPS) is 11.9. The van der Waals surface area contributed by atoms with Crippen LogP contribution in [-0.2, 0) is 19.1 Å². The number of rotatable bonds is 39. The first-order valence-electron chi connectivity index (χ1n) is 21.9. The molecule has 1 N–H and O–H groups in total. The highest BCUT2D eigenvalue weighted by atomic mass is 16.5. The molecular formula is C44H87NO5. The van der Waals surface area contributed by atoms with E-state index in [4.69, 9.17) is 9.47 Å². The molecule has 0 radical (unpaired) electrons. The van der Waals surface area contributed by atoms with E-state index < -0.39 is 0 Å². The summed E-state index contributed by atoms with van der Waals surface area (Å²) in [5.74, 6) is 0.733. The van der Waals surface area contributed by atoms with Crippen LogP contribution in [0.15, 0.2) is 0 Å². The third-order valence-electron chi connectivity index (χ3n) is 10.5. The van der Waals surface area contributed by atoms with Crippen LogP contribution in [-0.4, -0.2) is 61.4 Å². The van der Waals surface area contributed by atoms with Gasteiger partial charge in [0.1, 0.15) is 0 Å². The molecule has 0 saturated carbocycles. The van der Waals surface area contributed by atoms with Crippen LogP contribution in [0.1, 0.15) is 221 Å². The van der Waals surface area contributed by atoms with Crippen LogP contribution >= 0.6 is 0 Å². The molecule has 50 heavy (non-hydrogen) atoms. The first-order chi connectivity index (χ1) is 24.3. The molecule has 6 nitrogen and oxygen atoms in total. The molecule has 0 amide bonds. The van der Waals surface area contributed by atoms with E-state index in [1.54, 1.807) is 0 Å². The summed E-state index contributed by atoms with van der Waals surface area (Å²) in [6.45, 7) is 15.5. The second kappa shape index (κ2) is 36.2. The van der Waals surface area contributed by atoms with Crippen molar-refractivity contribution < 1.29 is 24.2 Å². The molecule has 0 atom stereocenters. The van der Waals surface area contributed by atoms with Crippen molar-refractivity contribution in [3.8, 4) is 0 Å². The second-order valence-electron chi connectivity index (χ2n) is 16.1. The van der Waals surface area contributed by atoms with Crippen LogP contribution in [0.25, 0.3) is 0 Å². The third kappa shape index (κ3) is 34.0. The molecule has 0 unspecified atom stereocenters. The van der Waals surface area contributed by atoms with Crippen molar-refractivity contribution in [2.45, 2.75) is 221 Å². The van der Waals surface area contributed by atoms with Crippen molar-refractivity contribution in [2.75, 3.05) is 39.5 Å². The highest BCUT2D eigenvalue weighted by molar-refractivity contribution is 5.69. The third-order valence-corrected chi connectivity index (χ3v) is 10.5. The fraction of sp³-hybridized carbons (Fsp3) is 0.955. The number of hydrogen-bond acceptors (Lipinski definition) is 6. The number of carbonyl (C=O) groups is 2. The summed E-state index contributed by atoms with van der Waals surface area (Å²) in [4.78, 5) is 26.8. The summed E-state index contributed by atoms with van der Waals surface area (Å²) in [5.41, 5.74) is 0.217. The number of unbranched alkanes of at least 4 members (excludes halogenated alkanes) is 15. The first kappa shape index (κ1) is 48.9. The Balaban J connectivity index is 3.99. The molecule has 0 aliphatic carbocycles. The molecule has 0 fully saturated rings. The zero-order chi connectivity index (χ0) is 37.0. The van der Waals surface area contributed by atoms with E-state index in [0.29, 0.717) is 26.1 Å². The van der Waals surface area contributed by atoms with Gasteiger partial charge < -0.3 is 19.5 Å². The number of aliphatic hydroxyl groups excluding tert-OH is 1. The van der Waals surface area contributed by atoms with Crippen molar-refractivity contribution in [1.29, 1.82) is 0 Å². The van der Waals surface area contributed by atoms with Gasteiger partial charge in [0, 0.05) is 19.4 Å². The predicted molar refractivity (Wildman–Crippen MR) is 214 cm³/mol. The summed E-state index contributed by atoms with van der Waals surface area (Å²) < 4.78 is 11.1. The summed E-state index contributed by atoms with van der Waals surface area (Å²) in [6, 6.07) is 0. The molecule has 0 aliphatic heterocycles. The Labute approximate surface area is 312 Å². The Bertz CT molecular complexity index is 730. The van der Waals surface area contributed by atoms with Gasteiger partial charge in [-0.05, 0) is 82.2 Å². The number of carbonyl (C=O) groups excluding carboxylic acids is 2. The minimum atomic E-state index is -0.0357. The zero-order valence-corrected chi connectivity index (χ0v) is 34.4. The van der Waals surface area contributed by atoms with E-state index in [9.17, 15) is 14.7 Å². The lowest BCUT2D eigenvalue weighted by molar-refractivity contribution is -0.144. The van der Waals surface area contributed by atoms with E-state index in [-0.39, 0.29) is 24.0 Å². The molecule has 6 heteroatoms. The second-order valence-corrected chi connectivity index (χ2v) is 16.1. The van der Waals surface area contributed by atoms with Crippen LogP contribution < -0.4 is 0 Å². The Morgan fingerprint density at radius 2 is 0.940 bits per heavy atom. The fourth-order valence-electron chi connectivity index (χ4n) is 7.16. The molecule has 0 spiro atoms. The molecule has 0 aromatic carbocycles. The van der Waals surface area contributed by atoms with Gasteiger partial charge >= 0.3 is 11.9 Å². The molecular weight excluding hydrogens is 622 g/mol. The molecule has 0 aliphatic rings. The maximum Gasteiger partial charge on any atom is 0.305 e. The standard InChI is InChI=1S/C44H87NO5/c1-6-9-12-15-16-17-22-31-43(48)50-40-27-34-44(4,5)33-26-36-45(37-38-46)35-24-19-18-23-32-42(47)49-39-25-30-41(28-20-13-10-7-2)29-21-14-11-8-3/h41,46H,6-40H2,1-5H3. The predicted octanol–water partition coefficient (Wildman–Crippen LogP) is 12.4. The average molecular weight is 710 g/mol. The molecule has 0 aromatic heterocycles. The SMILES string of the molecule is CCCCCCCCCC(=O)OCCCC(C)(C)CCCN(CCO)CCCCCCC(=O)OCCCC(CCCCCC)CCCCCC.